The zero-order valence-corrected chi connectivity index (χ0v) is 9.00. The van der Waals surface area contributed by atoms with Crippen molar-refractivity contribution in [3.63, 3.8) is 0 Å². The summed E-state index contributed by atoms with van der Waals surface area (Å²) in [6.45, 7) is 2.06. The molecule has 0 fully saturated rings. The van der Waals surface area contributed by atoms with E-state index < -0.39 is 10.1 Å². The molecule has 0 aliphatic heterocycles. The average molecular weight is 219 g/mol. The number of aryl methyl sites for hydroxylation is 1. The van der Waals surface area contributed by atoms with Gasteiger partial charge < -0.3 is 4.52 Å². The summed E-state index contributed by atoms with van der Waals surface area (Å²) in [5, 5.41) is 3.76. The Hall–Kier alpha value is -0.880. The summed E-state index contributed by atoms with van der Waals surface area (Å²) in [6.07, 6.45) is 2.24. The van der Waals surface area contributed by atoms with Crippen molar-refractivity contribution >= 4 is 10.1 Å². The third-order valence-electron chi connectivity index (χ3n) is 1.61. The van der Waals surface area contributed by atoms with Gasteiger partial charge >= 0.3 is 0 Å². The van der Waals surface area contributed by atoms with Crippen molar-refractivity contribution in [3.05, 3.63) is 17.5 Å². The standard InChI is InChI=1S/C8H13NO4S/c1-3-8-6-7(9-13-8)4-5-12-14(2,10)11/h6H,3-5H2,1-2H3. The highest BCUT2D eigenvalue weighted by Gasteiger charge is 2.05. The monoisotopic (exact) mass is 219 g/mol. The largest absolute Gasteiger partial charge is 0.361 e. The molecule has 0 aliphatic carbocycles. The summed E-state index contributed by atoms with van der Waals surface area (Å²) >= 11 is 0. The smallest absolute Gasteiger partial charge is 0.264 e. The molecule has 0 N–H and O–H groups in total. The maximum absolute atomic E-state index is 10.6. The molecule has 0 aromatic carbocycles. The minimum atomic E-state index is -3.35. The van der Waals surface area contributed by atoms with Crippen molar-refractivity contribution in [1.29, 1.82) is 0 Å². The first-order chi connectivity index (χ1) is 6.51. The van der Waals surface area contributed by atoms with Crippen molar-refractivity contribution in [1.82, 2.24) is 5.16 Å². The zero-order chi connectivity index (χ0) is 10.6. The number of aromatic nitrogens is 1. The average Bonchev–Trinajstić information content (AvgIpc) is 2.50. The van der Waals surface area contributed by atoms with E-state index in [0.29, 0.717) is 12.1 Å². The van der Waals surface area contributed by atoms with Crippen LogP contribution in [0.3, 0.4) is 0 Å². The fourth-order valence-electron chi connectivity index (χ4n) is 0.938. The molecule has 0 radical (unpaired) electrons. The summed E-state index contributed by atoms with van der Waals surface area (Å²) in [4.78, 5) is 0. The van der Waals surface area contributed by atoms with Gasteiger partial charge in [0.05, 0.1) is 18.6 Å². The minimum absolute atomic E-state index is 0.106. The molecule has 0 spiro atoms. The molecule has 0 atom stereocenters. The van der Waals surface area contributed by atoms with Crippen LogP contribution >= 0.6 is 0 Å². The quantitative estimate of drug-likeness (QED) is 0.684. The summed E-state index contributed by atoms with van der Waals surface area (Å²) in [7, 11) is -3.35. The van der Waals surface area contributed by atoms with E-state index in [0.717, 1.165) is 18.4 Å². The van der Waals surface area contributed by atoms with Crippen LogP contribution in [0.5, 0.6) is 0 Å². The van der Waals surface area contributed by atoms with Gasteiger partial charge in [-0.25, -0.2) is 0 Å². The van der Waals surface area contributed by atoms with Gasteiger partial charge in [-0.1, -0.05) is 12.1 Å². The van der Waals surface area contributed by atoms with Crippen LogP contribution in [0.1, 0.15) is 18.4 Å². The number of hydrogen-bond acceptors (Lipinski definition) is 5. The van der Waals surface area contributed by atoms with Gasteiger partial charge in [-0.3, -0.25) is 4.18 Å². The first kappa shape index (κ1) is 11.2. The minimum Gasteiger partial charge on any atom is -0.361 e. The Labute approximate surface area is 83.2 Å². The predicted molar refractivity (Wildman–Crippen MR) is 50.4 cm³/mol. The summed E-state index contributed by atoms with van der Waals surface area (Å²) in [6, 6.07) is 1.80. The number of hydrogen-bond donors (Lipinski definition) is 0. The van der Waals surface area contributed by atoms with Crippen LogP contribution in [0.2, 0.25) is 0 Å². The van der Waals surface area contributed by atoms with Crippen LogP contribution in [0.4, 0.5) is 0 Å². The fraction of sp³-hybridized carbons (Fsp3) is 0.625. The first-order valence-electron chi connectivity index (χ1n) is 4.30. The lowest BCUT2D eigenvalue weighted by Gasteiger charge is -1.96. The molecule has 0 aliphatic rings. The van der Waals surface area contributed by atoms with Crippen LogP contribution in [-0.4, -0.2) is 26.4 Å². The Morgan fingerprint density at radius 2 is 2.29 bits per heavy atom. The molecule has 80 valence electrons. The van der Waals surface area contributed by atoms with Crippen molar-refractivity contribution in [3.8, 4) is 0 Å². The van der Waals surface area contributed by atoms with Crippen molar-refractivity contribution in [2.75, 3.05) is 12.9 Å². The van der Waals surface area contributed by atoms with Crippen LogP contribution in [-0.2, 0) is 27.1 Å². The zero-order valence-electron chi connectivity index (χ0n) is 8.19. The third-order valence-corrected chi connectivity index (χ3v) is 2.21. The number of nitrogens with zero attached hydrogens (tertiary/aromatic N) is 1. The maximum Gasteiger partial charge on any atom is 0.264 e. The molecule has 0 amide bonds. The normalized spacial score (nSPS) is 11.9. The van der Waals surface area contributed by atoms with Gasteiger partial charge in [0.2, 0.25) is 0 Å². The second kappa shape index (κ2) is 4.56. The molecule has 1 aromatic heterocycles. The molecule has 0 bridgehead atoms. The molecule has 6 heteroatoms. The number of rotatable bonds is 5. The van der Waals surface area contributed by atoms with E-state index in [1.807, 2.05) is 6.92 Å². The topological polar surface area (TPSA) is 69.4 Å². The van der Waals surface area contributed by atoms with E-state index in [9.17, 15) is 8.42 Å². The highest BCUT2D eigenvalue weighted by molar-refractivity contribution is 7.85. The lowest BCUT2D eigenvalue weighted by Crippen LogP contribution is -2.06. The second-order valence-corrected chi connectivity index (χ2v) is 4.56. The van der Waals surface area contributed by atoms with E-state index in [2.05, 4.69) is 9.34 Å². The van der Waals surface area contributed by atoms with Crippen LogP contribution in [0, 0.1) is 0 Å². The summed E-state index contributed by atoms with van der Waals surface area (Å²) in [5.74, 6) is 0.791. The van der Waals surface area contributed by atoms with Gasteiger partial charge in [0.15, 0.2) is 0 Å². The molecule has 1 aromatic rings. The molecule has 0 saturated carbocycles. The van der Waals surface area contributed by atoms with Gasteiger partial charge in [0.25, 0.3) is 10.1 Å². The molecular weight excluding hydrogens is 206 g/mol. The summed E-state index contributed by atoms with van der Waals surface area (Å²) < 4.78 is 30.7. The van der Waals surface area contributed by atoms with Crippen molar-refractivity contribution in [2.24, 2.45) is 0 Å². The van der Waals surface area contributed by atoms with Crippen molar-refractivity contribution in [2.45, 2.75) is 19.8 Å². The van der Waals surface area contributed by atoms with Crippen LogP contribution in [0.15, 0.2) is 10.6 Å². The molecular formula is C8H13NO4S. The highest BCUT2D eigenvalue weighted by atomic mass is 32.2. The summed E-state index contributed by atoms with van der Waals surface area (Å²) in [5.41, 5.74) is 0.713. The lowest BCUT2D eigenvalue weighted by atomic mass is 10.3. The molecule has 0 saturated heterocycles. The Balaban J connectivity index is 2.39. The predicted octanol–water partition coefficient (Wildman–Crippen LogP) is 0.756. The van der Waals surface area contributed by atoms with E-state index in [1.165, 1.54) is 0 Å². The molecule has 1 rings (SSSR count). The fourth-order valence-corrected chi connectivity index (χ4v) is 1.32. The molecule has 1 heterocycles. The van der Waals surface area contributed by atoms with Gasteiger partial charge in [0.1, 0.15) is 5.76 Å². The van der Waals surface area contributed by atoms with Crippen LogP contribution in [0.25, 0.3) is 0 Å². The molecule has 5 nitrogen and oxygen atoms in total. The Morgan fingerprint density at radius 3 is 2.79 bits per heavy atom. The van der Waals surface area contributed by atoms with E-state index in [1.54, 1.807) is 6.07 Å². The van der Waals surface area contributed by atoms with Crippen LogP contribution < -0.4 is 0 Å². The van der Waals surface area contributed by atoms with E-state index in [-0.39, 0.29) is 6.61 Å². The molecule has 14 heavy (non-hydrogen) atoms. The van der Waals surface area contributed by atoms with E-state index in [4.69, 9.17) is 4.52 Å². The Kier molecular flexibility index (Phi) is 3.65. The van der Waals surface area contributed by atoms with Gasteiger partial charge in [-0.15, -0.1) is 0 Å². The maximum atomic E-state index is 10.6. The highest BCUT2D eigenvalue weighted by Crippen LogP contribution is 2.05. The SMILES string of the molecule is CCc1cc(CCOS(C)(=O)=O)no1. The lowest BCUT2D eigenvalue weighted by molar-refractivity contribution is 0.318. The van der Waals surface area contributed by atoms with Gasteiger partial charge in [-0.05, 0) is 0 Å². The Bertz CT molecular complexity index is 382. The molecule has 0 unspecified atom stereocenters. The van der Waals surface area contributed by atoms with Crippen molar-refractivity contribution < 1.29 is 17.1 Å². The second-order valence-electron chi connectivity index (χ2n) is 2.91. The van der Waals surface area contributed by atoms with Gasteiger partial charge in [-0.2, -0.15) is 8.42 Å². The first-order valence-corrected chi connectivity index (χ1v) is 6.12. The third kappa shape index (κ3) is 3.89. The Morgan fingerprint density at radius 1 is 1.57 bits per heavy atom. The van der Waals surface area contributed by atoms with Gasteiger partial charge in [0, 0.05) is 18.9 Å². The van der Waals surface area contributed by atoms with E-state index >= 15 is 0 Å².